The van der Waals surface area contributed by atoms with E-state index in [-0.39, 0.29) is 29.2 Å². The quantitative estimate of drug-likeness (QED) is 0.504. The summed E-state index contributed by atoms with van der Waals surface area (Å²) in [5, 5.41) is 4.04. The highest BCUT2D eigenvalue weighted by Crippen LogP contribution is 2.44. The summed E-state index contributed by atoms with van der Waals surface area (Å²) in [5.74, 6) is 1.31. The van der Waals surface area contributed by atoms with Crippen molar-refractivity contribution in [1.29, 1.82) is 0 Å². The number of pyridine rings is 1. The Balaban J connectivity index is 1.41. The second-order valence-electron chi connectivity index (χ2n) is 8.69. The third-order valence-corrected chi connectivity index (χ3v) is 6.51. The SMILES string of the molecule is FC(F)(F)COc1ccc(C(F)(F)F)n2nc(CC3[C@@H]4CC[C@H]3CN(c3ccncn3)C4)nc12. The molecule has 7 nitrogen and oxygen atoms in total. The second kappa shape index (κ2) is 8.27. The molecule has 1 aliphatic heterocycles. The van der Waals surface area contributed by atoms with Gasteiger partial charge in [-0.3, -0.25) is 0 Å². The Morgan fingerprint density at radius 3 is 2.35 bits per heavy atom. The van der Waals surface area contributed by atoms with Crippen molar-refractivity contribution in [2.45, 2.75) is 31.6 Å². The molecule has 0 amide bonds. The number of ether oxygens (including phenoxy) is 1. The Labute approximate surface area is 189 Å². The smallest absolute Gasteiger partial charge is 0.433 e. The second-order valence-corrected chi connectivity index (χ2v) is 8.69. The topological polar surface area (TPSA) is 68.4 Å². The molecule has 2 fully saturated rings. The van der Waals surface area contributed by atoms with E-state index in [0.29, 0.717) is 17.0 Å². The van der Waals surface area contributed by atoms with Crippen LogP contribution in [0.2, 0.25) is 0 Å². The predicted octanol–water partition coefficient (Wildman–Crippen LogP) is 4.18. The molecule has 3 atom stereocenters. The molecule has 5 rings (SSSR count). The van der Waals surface area contributed by atoms with E-state index in [1.54, 1.807) is 6.20 Å². The van der Waals surface area contributed by atoms with Crippen molar-refractivity contribution in [1.82, 2.24) is 24.6 Å². The largest absolute Gasteiger partial charge is 0.480 e. The Bertz CT molecular complexity index is 1150. The van der Waals surface area contributed by atoms with Gasteiger partial charge in [-0.05, 0) is 48.8 Å². The molecule has 1 unspecified atom stereocenters. The van der Waals surface area contributed by atoms with Crippen LogP contribution in [0.5, 0.6) is 5.75 Å². The average molecular weight is 486 g/mol. The lowest BCUT2D eigenvalue weighted by Gasteiger charge is -2.38. The van der Waals surface area contributed by atoms with Crippen molar-refractivity contribution in [2.75, 3.05) is 24.6 Å². The lowest BCUT2D eigenvalue weighted by Crippen LogP contribution is -2.43. The van der Waals surface area contributed by atoms with E-state index < -0.39 is 30.4 Å². The fourth-order valence-corrected chi connectivity index (χ4v) is 5.09. The predicted molar refractivity (Wildman–Crippen MR) is 107 cm³/mol. The summed E-state index contributed by atoms with van der Waals surface area (Å²) in [6.45, 7) is -0.138. The Kier molecular flexibility index (Phi) is 5.52. The summed E-state index contributed by atoms with van der Waals surface area (Å²) in [7, 11) is 0. The van der Waals surface area contributed by atoms with Gasteiger partial charge in [-0.15, -0.1) is 0 Å². The lowest BCUT2D eigenvalue weighted by atomic mass is 9.82. The van der Waals surface area contributed by atoms with Crippen LogP contribution in [-0.2, 0) is 12.6 Å². The summed E-state index contributed by atoms with van der Waals surface area (Å²) >= 11 is 0. The van der Waals surface area contributed by atoms with E-state index in [0.717, 1.165) is 37.8 Å². The Hall–Kier alpha value is -3.12. The number of halogens is 6. The van der Waals surface area contributed by atoms with Gasteiger partial charge >= 0.3 is 12.4 Å². The zero-order chi connectivity index (χ0) is 24.1. The Morgan fingerprint density at radius 1 is 1.00 bits per heavy atom. The van der Waals surface area contributed by atoms with Gasteiger partial charge in [0.1, 0.15) is 17.8 Å². The molecule has 1 saturated heterocycles. The highest BCUT2D eigenvalue weighted by Gasteiger charge is 2.43. The van der Waals surface area contributed by atoms with Gasteiger partial charge in [0.2, 0.25) is 0 Å². The van der Waals surface area contributed by atoms with Gasteiger partial charge < -0.3 is 9.64 Å². The van der Waals surface area contributed by atoms with Crippen molar-refractivity contribution >= 4 is 11.5 Å². The number of anilines is 1. The minimum absolute atomic E-state index is 0.157. The highest BCUT2D eigenvalue weighted by molar-refractivity contribution is 5.54. The maximum absolute atomic E-state index is 13.5. The van der Waals surface area contributed by atoms with Crippen LogP contribution in [0, 0.1) is 17.8 Å². The minimum Gasteiger partial charge on any atom is -0.480 e. The minimum atomic E-state index is -4.76. The van der Waals surface area contributed by atoms with Crippen LogP contribution in [0.15, 0.2) is 30.7 Å². The van der Waals surface area contributed by atoms with Crippen LogP contribution < -0.4 is 9.64 Å². The summed E-state index contributed by atoms with van der Waals surface area (Å²) in [6.07, 6.45) is -3.96. The molecule has 182 valence electrons. The van der Waals surface area contributed by atoms with E-state index >= 15 is 0 Å². The highest BCUT2D eigenvalue weighted by atomic mass is 19.4. The molecule has 0 aromatic carbocycles. The van der Waals surface area contributed by atoms with Crippen LogP contribution in [0.3, 0.4) is 0 Å². The number of aromatic nitrogens is 5. The molecule has 4 heterocycles. The molecule has 13 heteroatoms. The molecule has 0 radical (unpaired) electrons. The number of piperidine rings is 1. The van der Waals surface area contributed by atoms with Crippen molar-refractivity contribution in [3.05, 3.63) is 42.2 Å². The Morgan fingerprint density at radius 2 is 1.74 bits per heavy atom. The first-order chi connectivity index (χ1) is 16.1. The van der Waals surface area contributed by atoms with Crippen LogP contribution in [0.4, 0.5) is 32.2 Å². The van der Waals surface area contributed by atoms with E-state index in [1.165, 1.54) is 6.33 Å². The number of hydrogen-bond acceptors (Lipinski definition) is 6. The van der Waals surface area contributed by atoms with E-state index in [9.17, 15) is 26.3 Å². The number of fused-ring (bicyclic) bond motifs is 3. The standard InChI is InChI=1S/C21H20F6N6O/c22-20(23,24)10-34-15-3-4-16(21(25,26)27)33-19(15)30-17(31-33)7-14-12-1-2-13(14)9-32(8-12)18-5-6-28-11-29-18/h3-6,11-14H,1-2,7-10H2/t12-,13+,14?. The van der Waals surface area contributed by atoms with E-state index in [1.807, 2.05) is 6.07 Å². The number of rotatable bonds is 5. The number of alkyl halides is 6. The number of nitrogens with zero attached hydrogens (tertiary/aromatic N) is 6. The van der Waals surface area contributed by atoms with Crippen molar-refractivity contribution in [3.63, 3.8) is 0 Å². The first kappa shape index (κ1) is 22.7. The van der Waals surface area contributed by atoms with Gasteiger partial charge in [-0.25, -0.2) is 19.5 Å². The molecular weight excluding hydrogens is 466 g/mol. The molecule has 1 saturated carbocycles. The molecule has 3 aromatic rings. The van der Waals surface area contributed by atoms with Gasteiger partial charge in [0.25, 0.3) is 0 Å². The summed E-state index contributed by atoms with van der Waals surface area (Å²) < 4.78 is 83.6. The van der Waals surface area contributed by atoms with Crippen molar-refractivity contribution in [3.8, 4) is 5.75 Å². The maximum Gasteiger partial charge on any atom is 0.433 e. The molecule has 3 aromatic heterocycles. The molecule has 0 N–H and O–H groups in total. The lowest BCUT2D eigenvalue weighted by molar-refractivity contribution is -0.153. The zero-order valence-electron chi connectivity index (χ0n) is 17.7. The first-order valence-electron chi connectivity index (χ1n) is 10.7. The molecule has 2 aliphatic rings. The monoisotopic (exact) mass is 486 g/mol. The molecule has 2 bridgehead atoms. The van der Waals surface area contributed by atoms with Crippen LogP contribution in [-0.4, -0.2) is 50.4 Å². The van der Waals surface area contributed by atoms with E-state index in [4.69, 9.17) is 4.74 Å². The van der Waals surface area contributed by atoms with Crippen LogP contribution in [0.1, 0.15) is 24.4 Å². The number of hydrogen-bond donors (Lipinski definition) is 0. The van der Waals surface area contributed by atoms with Gasteiger partial charge in [0, 0.05) is 25.7 Å². The van der Waals surface area contributed by atoms with E-state index in [2.05, 4.69) is 25.0 Å². The molecule has 0 spiro atoms. The zero-order valence-corrected chi connectivity index (χ0v) is 17.7. The summed E-state index contributed by atoms with van der Waals surface area (Å²) in [4.78, 5) is 14.6. The summed E-state index contributed by atoms with van der Waals surface area (Å²) in [5.41, 5.74) is -1.50. The maximum atomic E-state index is 13.5. The van der Waals surface area contributed by atoms with Gasteiger partial charge in [-0.2, -0.15) is 31.4 Å². The fraction of sp³-hybridized carbons (Fsp3) is 0.524. The average Bonchev–Trinajstić information content (AvgIpc) is 3.28. The first-order valence-corrected chi connectivity index (χ1v) is 10.7. The van der Waals surface area contributed by atoms with Crippen molar-refractivity contribution in [2.24, 2.45) is 17.8 Å². The normalized spacial score (nSPS) is 23.0. The third kappa shape index (κ3) is 4.47. The summed E-state index contributed by atoms with van der Waals surface area (Å²) in [6, 6.07) is 3.35. The molecule has 34 heavy (non-hydrogen) atoms. The fourth-order valence-electron chi connectivity index (χ4n) is 5.09. The van der Waals surface area contributed by atoms with Crippen LogP contribution >= 0.6 is 0 Å². The van der Waals surface area contributed by atoms with Gasteiger partial charge in [0.15, 0.2) is 23.8 Å². The molecule has 1 aliphatic carbocycles. The molecular formula is C21H20F6N6O. The van der Waals surface area contributed by atoms with Crippen molar-refractivity contribution < 1.29 is 31.1 Å². The van der Waals surface area contributed by atoms with Gasteiger partial charge in [0.05, 0.1) is 0 Å². The van der Waals surface area contributed by atoms with Gasteiger partial charge in [-0.1, -0.05) is 0 Å². The third-order valence-electron chi connectivity index (χ3n) is 6.51. The van der Waals surface area contributed by atoms with Crippen LogP contribution in [0.25, 0.3) is 5.65 Å².